The molecule has 0 saturated heterocycles. The summed E-state index contributed by atoms with van der Waals surface area (Å²) < 4.78 is 0. The monoisotopic (exact) mass is 176 g/mol. The molecule has 0 aromatic rings. The first kappa shape index (κ1) is 61.0. The van der Waals surface area contributed by atoms with Crippen molar-refractivity contribution >= 4 is 0 Å². The van der Waals surface area contributed by atoms with Crippen LogP contribution in [0.1, 0.15) is 0 Å². The fourth-order valence-corrected chi connectivity index (χ4v) is 0. The minimum absolute atomic E-state index is 0. The molecule has 0 fully saturated rings. The van der Waals surface area contributed by atoms with Gasteiger partial charge in [-0.15, -0.1) is 0 Å². The number of rotatable bonds is 0. The molecule has 0 bridgehead atoms. The quantitative estimate of drug-likeness (QED) is 0.457. The SMILES string of the molecule is [Nb+5].[O-2].[O-2].[V]. The Balaban J connectivity index is 0. The van der Waals surface area contributed by atoms with Gasteiger partial charge in [0.1, 0.15) is 0 Å². The molecule has 1 radical (unpaired) electrons. The van der Waals surface area contributed by atoms with Gasteiger partial charge in [0.25, 0.3) is 0 Å². The van der Waals surface area contributed by atoms with E-state index < -0.39 is 0 Å². The van der Waals surface area contributed by atoms with Gasteiger partial charge in [-0.05, 0) is 0 Å². The maximum atomic E-state index is 0. The summed E-state index contributed by atoms with van der Waals surface area (Å²) in [6, 6.07) is 0. The van der Waals surface area contributed by atoms with E-state index in [1.165, 1.54) is 0 Å². The predicted molar refractivity (Wildman–Crippen MR) is 1.37 cm³/mol. The second-order valence-electron chi connectivity index (χ2n) is 0. The van der Waals surface area contributed by atoms with Gasteiger partial charge in [0.15, 0.2) is 0 Å². The molecular weight excluding hydrogens is 176 g/mol. The zero-order chi connectivity index (χ0) is 0. The zero-order valence-electron chi connectivity index (χ0n) is 1.71. The van der Waals surface area contributed by atoms with E-state index in [0.29, 0.717) is 0 Å². The fourth-order valence-electron chi connectivity index (χ4n) is 0. The van der Waals surface area contributed by atoms with Crippen LogP contribution >= 0.6 is 0 Å². The van der Waals surface area contributed by atoms with Crippen LogP contribution in [0.4, 0.5) is 0 Å². The summed E-state index contributed by atoms with van der Waals surface area (Å²) in [4.78, 5) is 0. The summed E-state index contributed by atoms with van der Waals surface area (Å²) in [6.45, 7) is 0. The molecule has 0 unspecified atom stereocenters. The third-order valence-electron chi connectivity index (χ3n) is 0. The molecule has 0 rings (SSSR count). The van der Waals surface area contributed by atoms with Crippen LogP contribution in [0, 0.1) is 0 Å². The van der Waals surface area contributed by atoms with Crippen molar-refractivity contribution in [2.75, 3.05) is 0 Å². The van der Waals surface area contributed by atoms with E-state index in [1.54, 1.807) is 0 Å². The molecule has 0 saturated carbocycles. The molecule has 0 aliphatic heterocycles. The van der Waals surface area contributed by atoms with Crippen molar-refractivity contribution in [2.24, 2.45) is 0 Å². The van der Waals surface area contributed by atoms with Crippen molar-refractivity contribution in [1.82, 2.24) is 0 Å². The first-order valence-electron chi connectivity index (χ1n) is 0. The van der Waals surface area contributed by atoms with Gasteiger partial charge in [0.2, 0.25) is 0 Å². The van der Waals surface area contributed by atoms with Crippen LogP contribution in [0.2, 0.25) is 0 Å². The van der Waals surface area contributed by atoms with Crippen molar-refractivity contribution in [1.29, 1.82) is 0 Å². The van der Waals surface area contributed by atoms with E-state index in [-0.39, 0.29) is 51.9 Å². The Kier molecular flexibility index (Phi) is 440. The van der Waals surface area contributed by atoms with Crippen molar-refractivity contribution < 1.29 is 51.9 Å². The zero-order valence-corrected chi connectivity index (χ0v) is 5.31. The average molecular weight is 176 g/mol. The van der Waals surface area contributed by atoms with Crippen LogP contribution < -0.4 is 0 Å². The molecule has 2 nitrogen and oxygen atoms in total. The van der Waals surface area contributed by atoms with Crippen molar-refractivity contribution in [3.8, 4) is 0 Å². The maximum absolute atomic E-state index is 0. The first-order valence-corrected chi connectivity index (χ1v) is 0. The summed E-state index contributed by atoms with van der Waals surface area (Å²) >= 11 is 0. The van der Waals surface area contributed by atoms with Crippen LogP contribution in [0.15, 0.2) is 0 Å². The summed E-state index contributed by atoms with van der Waals surface area (Å²) in [6.07, 6.45) is 0. The molecular formula is NbO2V+. The summed E-state index contributed by atoms with van der Waals surface area (Å²) in [5, 5.41) is 0. The van der Waals surface area contributed by atoms with Crippen LogP contribution in [-0.4, -0.2) is 0 Å². The minimum Gasteiger partial charge on any atom is -2.00 e. The van der Waals surface area contributed by atoms with Gasteiger partial charge in [-0.1, -0.05) is 0 Å². The number of hydrogen-bond acceptors (Lipinski definition) is 0. The largest absolute Gasteiger partial charge is 5.00 e. The minimum atomic E-state index is 0. The molecule has 0 spiro atoms. The molecule has 0 N–H and O–H groups in total. The van der Waals surface area contributed by atoms with Gasteiger partial charge >= 0.3 is 22.4 Å². The van der Waals surface area contributed by atoms with E-state index in [9.17, 15) is 0 Å². The second-order valence-corrected chi connectivity index (χ2v) is 0. The molecule has 0 atom stereocenters. The van der Waals surface area contributed by atoms with E-state index >= 15 is 0 Å². The van der Waals surface area contributed by atoms with E-state index in [0.717, 1.165) is 0 Å². The Hall–Kier alpha value is 1.24. The topological polar surface area (TPSA) is 57.0 Å². The fraction of sp³-hybridized carbons (Fsp3) is 0. The van der Waals surface area contributed by atoms with Gasteiger partial charge in [0, 0.05) is 18.6 Å². The van der Waals surface area contributed by atoms with Gasteiger partial charge in [-0.2, -0.15) is 0 Å². The Bertz CT molecular complexity index is 6.00. The maximum Gasteiger partial charge on any atom is 5.00 e. The normalized spacial score (nSPS) is 0. The molecule has 0 amide bonds. The van der Waals surface area contributed by atoms with Gasteiger partial charge in [-0.3, -0.25) is 0 Å². The molecule has 4 heavy (non-hydrogen) atoms. The standard InChI is InChI=1S/Nb.2O.V/q+5;2*-2;. The molecule has 0 aromatic carbocycles. The Labute approximate surface area is 52.0 Å². The van der Waals surface area contributed by atoms with Crippen molar-refractivity contribution in [3.63, 3.8) is 0 Å². The molecule has 0 aliphatic rings. The Morgan fingerprint density at radius 2 is 0.750 bits per heavy atom. The van der Waals surface area contributed by atoms with Gasteiger partial charge < -0.3 is 11.0 Å². The van der Waals surface area contributed by atoms with Crippen LogP contribution in [0.5, 0.6) is 0 Å². The van der Waals surface area contributed by atoms with E-state index in [2.05, 4.69) is 0 Å². The Morgan fingerprint density at radius 3 is 0.750 bits per heavy atom. The van der Waals surface area contributed by atoms with Crippen molar-refractivity contribution in [3.05, 3.63) is 0 Å². The molecule has 4 heteroatoms. The average Bonchev–Trinajstić information content (AvgIpc) is 0. The predicted octanol–water partition coefficient (Wildman–Crippen LogP) is -0.243. The Morgan fingerprint density at radius 1 is 0.750 bits per heavy atom. The number of hydrogen-bond donors (Lipinski definition) is 0. The van der Waals surface area contributed by atoms with Crippen LogP contribution in [0.25, 0.3) is 0 Å². The van der Waals surface area contributed by atoms with Crippen molar-refractivity contribution in [2.45, 2.75) is 0 Å². The second kappa shape index (κ2) is 28.8. The smallest absolute Gasteiger partial charge is 2.00 e. The summed E-state index contributed by atoms with van der Waals surface area (Å²) in [5.41, 5.74) is 0. The third kappa shape index (κ3) is 10.6. The third-order valence-corrected chi connectivity index (χ3v) is 0. The van der Waals surface area contributed by atoms with E-state index in [4.69, 9.17) is 0 Å². The molecule has 21 valence electrons. The molecule has 0 aromatic heterocycles. The van der Waals surface area contributed by atoms with Gasteiger partial charge in [-0.25, -0.2) is 0 Å². The van der Waals surface area contributed by atoms with Crippen LogP contribution in [-0.2, 0) is 51.9 Å². The first-order chi connectivity index (χ1) is 0. The van der Waals surface area contributed by atoms with Crippen LogP contribution in [0.3, 0.4) is 0 Å². The molecule has 0 aliphatic carbocycles. The van der Waals surface area contributed by atoms with Gasteiger partial charge in [0.05, 0.1) is 0 Å². The summed E-state index contributed by atoms with van der Waals surface area (Å²) in [7, 11) is 0. The summed E-state index contributed by atoms with van der Waals surface area (Å²) in [5.74, 6) is 0. The molecule has 0 heterocycles. The van der Waals surface area contributed by atoms with E-state index in [1.807, 2.05) is 0 Å².